The molecule has 0 heterocycles. The van der Waals surface area contributed by atoms with Gasteiger partial charge in [0.1, 0.15) is 40.4 Å². The van der Waals surface area contributed by atoms with Crippen molar-refractivity contribution in [2.45, 2.75) is 10.8 Å². The van der Waals surface area contributed by atoms with Gasteiger partial charge in [0.2, 0.25) is 0 Å². The Bertz CT molecular complexity index is 4200. The third kappa shape index (κ3) is 8.70. The molecule has 84 heavy (non-hydrogen) atoms. The molecule has 0 amide bonds. The Balaban J connectivity index is 0.970. The molecule has 0 aliphatic heterocycles. The third-order valence-corrected chi connectivity index (χ3v) is 16.7. The van der Waals surface area contributed by atoms with Crippen molar-refractivity contribution in [1.82, 2.24) is 0 Å². The zero-order chi connectivity index (χ0) is 56.9. The lowest BCUT2D eigenvalue weighted by Crippen LogP contribution is -2.29. The summed E-state index contributed by atoms with van der Waals surface area (Å²) in [5, 5.41) is 0. The molecular weight excluding hydrogens is 1040 g/mol. The molecular formula is C78H52F3NO2. The minimum atomic E-state index is -0.917. The summed E-state index contributed by atoms with van der Waals surface area (Å²) in [6.07, 6.45) is 3.60. The maximum Gasteiger partial charge on any atom is 0.127 e. The highest BCUT2D eigenvalue weighted by Gasteiger charge is 2.48. The average molecular weight is 1090 g/mol. The maximum absolute atomic E-state index is 15.2. The summed E-state index contributed by atoms with van der Waals surface area (Å²) in [4.78, 5) is 2.29. The van der Waals surface area contributed by atoms with Gasteiger partial charge in [-0.3, -0.25) is 0 Å². The van der Waals surface area contributed by atoms with Crippen LogP contribution in [0.15, 0.2) is 292 Å². The van der Waals surface area contributed by atoms with Crippen molar-refractivity contribution in [2.24, 2.45) is 0 Å². The number of benzene rings is 12. The standard InChI is InChI=1S/C78H52F3NO2/c1-3-51-13-39-65(40-14-51)83-67-43-25-57(26-44-67)77(55-21-31-60(80)32-22-55)73-11-7-5-9-69(73)71-47-37-63(49-75(71)77)82(62-35-19-54(20-36-62)53-17-29-59(79)30-18-53)64-38-48-72-70-10-6-8-12-74(70)78(76(72)50-64,56-23-33-61(81)34-24-56)58-27-45-68(46-28-58)84-66-41-15-52(4-2)16-42-66/h3-50H,1-2H2. The van der Waals surface area contributed by atoms with E-state index in [1.807, 2.05) is 97.1 Å². The van der Waals surface area contributed by atoms with Gasteiger partial charge in [0, 0.05) is 17.1 Å². The number of rotatable bonds is 14. The monoisotopic (exact) mass is 1090 g/mol. The Morgan fingerprint density at radius 1 is 0.298 bits per heavy atom. The number of nitrogens with zero attached hydrogens (tertiary/aromatic N) is 1. The van der Waals surface area contributed by atoms with Gasteiger partial charge < -0.3 is 14.4 Å². The summed E-state index contributed by atoms with van der Waals surface area (Å²) in [6, 6.07) is 91.1. The van der Waals surface area contributed by atoms with Crippen LogP contribution in [0.3, 0.4) is 0 Å². The summed E-state index contributed by atoms with van der Waals surface area (Å²) < 4.78 is 57.5. The SMILES string of the molecule is C=Cc1ccc(Oc2ccc(C3(c4ccc(F)cc4)c4ccccc4-c4ccc(N(c5ccc(-c6ccc(F)cc6)cc5)c5ccc6c(c5)C(c5ccc(F)cc5)(c5ccc(Oc7ccc(C=C)cc7)cc5)c5ccccc5-6)cc43)cc2)cc1. The van der Waals surface area contributed by atoms with E-state index in [-0.39, 0.29) is 17.5 Å². The predicted octanol–water partition coefficient (Wildman–Crippen LogP) is 20.8. The smallest absolute Gasteiger partial charge is 0.127 e. The van der Waals surface area contributed by atoms with E-state index in [9.17, 15) is 4.39 Å². The molecule has 12 aromatic rings. The molecule has 14 rings (SSSR count). The molecule has 2 aliphatic rings. The number of hydrogen-bond donors (Lipinski definition) is 0. The van der Waals surface area contributed by atoms with Crippen LogP contribution in [0.4, 0.5) is 30.2 Å². The summed E-state index contributed by atoms with van der Waals surface area (Å²) >= 11 is 0. The van der Waals surface area contributed by atoms with Gasteiger partial charge in [-0.1, -0.05) is 183 Å². The normalized spacial score (nSPS) is 15.3. The van der Waals surface area contributed by atoms with Gasteiger partial charge in [-0.2, -0.15) is 0 Å². The fourth-order valence-electron chi connectivity index (χ4n) is 12.8. The van der Waals surface area contributed by atoms with Crippen molar-refractivity contribution in [2.75, 3.05) is 4.90 Å². The first-order chi connectivity index (χ1) is 41.2. The molecule has 2 aliphatic carbocycles. The topological polar surface area (TPSA) is 21.7 Å². The van der Waals surface area contributed by atoms with Crippen molar-refractivity contribution in [1.29, 1.82) is 0 Å². The van der Waals surface area contributed by atoms with Crippen LogP contribution in [0.5, 0.6) is 23.0 Å². The van der Waals surface area contributed by atoms with Gasteiger partial charge in [-0.05, 0) is 210 Å². The largest absolute Gasteiger partial charge is 0.457 e. The van der Waals surface area contributed by atoms with Gasteiger partial charge in [0.05, 0.1) is 10.8 Å². The van der Waals surface area contributed by atoms with Crippen molar-refractivity contribution in [3.8, 4) is 56.4 Å². The highest BCUT2D eigenvalue weighted by Crippen LogP contribution is 2.60. The first kappa shape index (κ1) is 51.5. The molecule has 0 spiro atoms. The van der Waals surface area contributed by atoms with Crippen LogP contribution in [0.1, 0.15) is 55.6 Å². The number of ether oxygens (including phenoxy) is 2. The molecule has 0 fully saturated rings. The lowest BCUT2D eigenvalue weighted by atomic mass is 9.67. The summed E-state index contributed by atoms with van der Waals surface area (Å²) in [7, 11) is 0. The molecule has 0 N–H and O–H groups in total. The van der Waals surface area contributed by atoms with Crippen molar-refractivity contribution >= 4 is 29.2 Å². The molecule has 0 radical (unpaired) electrons. The Kier molecular flexibility index (Phi) is 12.9. The summed E-state index contributed by atoms with van der Waals surface area (Å²) in [6.45, 7) is 7.79. The van der Waals surface area contributed by atoms with Crippen LogP contribution in [0.25, 0.3) is 45.5 Å². The summed E-state index contributed by atoms with van der Waals surface area (Å²) in [5.74, 6) is 1.79. The minimum Gasteiger partial charge on any atom is -0.457 e. The third-order valence-electron chi connectivity index (χ3n) is 16.7. The van der Waals surface area contributed by atoms with E-state index in [0.29, 0.717) is 23.0 Å². The van der Waals surface area contributed by atoms with Gasteiger partial charge in [-0.25, -0.2) is 13.2 Å². The molecule has 3 nitrogen and oxygen atoms in total. The molecule has 0 saturated heterocycles. The van der Waals surface area contributed by atoms with Crippen molar-refractivity contribution in [3.63, 3.8) is 0 Å². The molecule has 2 unspecified atom stereocenters. The van der Waals surface area contributed by atoms with Gasteiger partial charge in [0.25, 0.3) is 0 Å². The molecule has 12 aromatic carbocycles. The molecule has 0 bridgehead atoms. The zero-order valence-corrected chi connectivity index (χ0v) is 45.5. The van der Waals surface area contributed by atoms with E-state index in [1.54, 1.807) is 48.6 Å². The fraction of sp³-hybridized carbons (Fsp3) is 0.0256. The lowest BCUT2D eigenvalue weighted by molar-refractivity contribution is 0.482. The van der Waals surface area contributed by atoms with Gasteiger partial charge in [-0.15, -0.1) is 0 Å². The molecule has 2 atom stereocenters. The number of halogens is 3. The van der Waals surface area contributed by atoms with E-state index in [4.69, 9.17) is 9.47 Å². The second kappa shape index (κ2) is 21.0. The molecule has 0 saturated carbocycles. The van der Waals surface area contributed by atoms with Crippen LogP contribution in [0.2, 0.25) is 0 Å². The Morgan fingerprint density at radius 3 is 0.964 bits per heavy atom. The first-order valence-corrected chi connectivity index (χ1v) is 27.9. The second-order valence-corrected chi connectivity index (χ2v) is 21.3. The van der Waals surface area contributed by atoms with Crippen LogP contribution in [-0.2, 0) is 10.8 Å². The highest BCUT2D eigenvalue weighted by molar-refractivity contribution is 5.92. The van der Waals surface area contributed by atoms with E-state index in [0.717, 1.165) is 106 Å². The van der Waals surface area contributed by atoms with E-state index >= 15 is 8.78 Å². The van der Waals surface area contributed by atoms with Crippen molar-refractivity contribution < 1.29 is 22.6 Å². The number of fused-ring (bicyclic) bond motifs is 6. The molecule has 402 valence electrons. The Morgan fingerprint density at radius 2 is 0.595 bits per heavy atom. The molecule has 6 heteroatoms. The maximum atomic E-state index is 15.2. The van der Waals surface area contributed by atoms with Gasteiger partial charge >= 0.3 is 0 Å². The second-order valence-electron chi connectivity index (χ2n) is 21.3. The van der Waals surface area contributed by atoms with E-state index < -0.39 is 10.8 Å². The quantitative estimate of drug-likeness (QED) is 0.108. The van der Waals surface area contributed by atoms with E-state index in [2.05, 4.69) is 152 Å². The molecule has 0 aromatic heterocycles. The van der Waals surface area contributed by atoms with Gasteiger partial charge in [0.15, 0.2) is 0 Å². The zero-order valence-electron chi connectivity index (χ0n) is 45.5. The Hall–Kier alpha value is -10.7. The highest BCUT2D eigenvalue weighted by atomic mass is 19.1. The fourth-order valence-corrected chi connectivity index (χ4v) is 12.8. The van der Waals surface area contributed by atoms with Crippen molar-refractivity contribution in [3.05, 3.63) is 365 Å². The summed E-state index contributed by atoms with van der Waals surface area (Å²) in [5.41, 5.74) is 16.7. The van der Waals surface area contributed by atoms with Crippen LogP contribution >= 0.6 is 0 Å². The number of anilines is 3. The van der Waals surface area contributed by atoms with Crippen LogP contribution < -0.4 is 14.4 Å². The van der Waals surface area contributed by atoms with E-state index in [1.165, 1.54) is 12.1 Å². The first-order valence-electron chi connectivity index (χ1n) is 27.9. The minimum absolute atomic E-state index is 0.300. The predicted molar refractivity (Wildman–Crippen MR) is 334 cm³/mol. The number of hydrogen-bond acceptors (Lipinski definition) is 3. The lowest BCUT2D eigenvalue weighted by Gasteiger charge is -2.36. The van der Waals surface area contributed by atoms with Crippen LogP contribution in [0, 0.1) is 17.5 Å². The Labute approximate surface area is 486 Å². The average Bonchev–Trinajstić information content (AvgIpc) is 1.85. The van der Waals surface area contributed by atoms with Crippen LogP contribution in [-0.4, -0.2) is 0 Å².